The van der Waals surface area contributed by atoms with Gasteiger partial charge in [0.2, 0.25) is 6.79 Å². The molecule has 4 nitrogen and oxygen atoms in total. The normalized spacial score (nSPS) is 19.6. The molecular formula is C18H21NO3S. The van der Waals surface area contributed by atoms with Gasteiger partial charge >= 0.3 is 0 Å². The molecule has 0 unspecified atom stereocenters. The minimum atomic E-state index is 0.322. The highest BCUT2D eigenvalue weighted by molar-refractivity contribution is 7.07. The van der Waals surface area contributed by atoms with E-state index in [0.29, 0.717) is 12.9 Å². The fourth-order valence-electron chi connectivity index (χ4n) is 3.26. The van der Waals surface area contributed by atoms with Crippen molar-refractivity contribution in [1.82, 2.24) is 4.90 Å². The molecule has 1 saturated heterocycles. The Labute approximate surface area is 140 Å². The third kappa shape index (κ3) is 3.52. The lowest BCUT2D eigenvalue weighted by molar-refractivity contribution is 0.0675. The van der Waals surface area contributed by atoms with Gasteiger partial charge in [-0.3, -0.25) is 4.90 Å². The molecule has 23 heavy (non-hydrogen) atoms. The van der Waals surface area contributed by atoms with E-state index in [-0.39, 0.29) is 0 Å². The second-order valence-corrected chi connectivity index (χ2v) is 6.87. The Kier molecular flexibility index (Phi) is 4.50. The Morgan fingerprint density at radius 3 is 3.00 bits per heavy atom. The van der Waals surface area contributed by atoms with Gasteiger partial charge in [0.05, 0.1) is 6.10 Å². The van der Waals surface area contributed by atoms with Crippen molar-refractivity contribution >= 4 is 11.3 Å². The summed E-state index contributed by atoms with van der Waals surface area (Å²) in [7, 11) is 0. The maximum Gasteiger partial charge on any atom is 0.231 e. The largest absolute Gasteiger partial charge is 0.454 e. The summed E-state index contributed by atoms with van der Waals surface area (Å²) in [6.07, 6.45) is 2.68. The first-order chi connectivity index (χ1) is 11.4. The molecule has 3 heterocycles. The average Bonchev–Trinajstić information content (AvgIpc) is 3.30. The molecule has 0 spiro atoms. The van der Waals surface area contributed by atoms with Gasteiger partial charge in [-0.05, 0) is 41.3 Å². The Bertz CT molecular complexity index is 638. The van der Waals surface area contributed by atoms with E-state index in [0.717, 1.165) is 44.2 Å². The van der Waals surface area contributed by atoms with E-state index in [1.54, 1.807) is 11.3 Å². The number of para-hydroxylation sites is 1. The molecule has 0 radical (unpaired) electrons. The number of nitrogens with zero attached hydrogens (tertiary/aromatic N) is 1. The highest BCUT2D eigenvalue weighted by Crippen LogP contribution is 2.36. The molecule has 1 aromatic heterocycles. The number of ether oxygens (including phenoxy) is 3. The summed E-state index contributed by atoms with van der Waals surface area (Å²) in [5.41, 5.74) is 2.55. The predicted octanol–water partition coefficient (Wildman–Crippen LogP) is 3.66. The molecule has 2 aliphatic rings. The number of fused-ring (bicyclic) bond motifs is 1. The summed E-state index contributed by atoms with van der Waals surface area (Å²) in [6.45, 7) is 3.97. The SMILES string of the molecule is c1cc(CN(Cc2ccsc2)C[C@H]2CCCO2)c2c(c1)OCO2. The second kappa shape index (κ2) is 6.91. The van der Waals surface area contributed by atoms with Crippen LogP contribution in [0.5, 0.6) is 11.5 Å². The van der Waals surface area contributed by atoms with Crippen molar-refractivity contribution in [3.05, 3.63) is 46.2 Å². The summed E-state index contributed by atoms with van der Waals surface area (Å²) >= 11 is 1.75. The van der Waals surface area contributed by atoms with Crippen molar-refractivity contribution in [1.29, 1.82) is 0 Å². The molecule has 1 fully saturated rings. The molecule has 122 valence electrons. The van der Waals surface area contributed by atoms with Gasteiger partial charge in [-0.1, -0.05) is 12.1 Å². The molecule has 0 saturated carbocycles. The molecule has 0 bridgehead atoms. The van der Waals surface area contributed by atoms with E-state index in [9.17, 15) is 0 Å². The van der Waals surface area contributed by atoms with Crippen LogP contribution in [0.4, 0.5) is 0 Å². The molecule has 1 atom stereocenters. The molecular weight excluding hydrogens is 310 g/mol. The number of rotatable bonds is 6. The van der Waals surface area contributed by atoms with Crippen LogP contribution in [-0.4, -0.2) is 30.9 Å². The molecule has 2 aromatic rings. The van der Waals surface area contributed by atoms with Crippen molar-refractivity contribution in [3.63, 3.8) is 0 Å². The standard InChI is InChI=1S/C18H21NO3S/c1-3-15(18-17(5-1)21-13-22-18)10-19(9-14-6-8-23-12-14)11-16-4-2-7-20-16/h1,3,5-6,8,12,16H,2,4,7,9-11,13H2/t16-/m1/s1. The summed E-state index contributed by atoms with van der Waals surface area (Å²) < 4.78 is 17.0. The fraction of sp³-hybridized carbons (Fsp3) is 0.444. The first kappa shape index (κ1) is 15.0. The number of benzene rings is 1. The van der Waals surface area contributed by atoms with E-state index in [2.05, 4.69) is 27.8 Å². The van der Waals surface area contributed by atoms with Crippen molar-refractivity contribution in [2.75, 3.05) is 19.9 Å². The van der Waals surface area contributed by atoms with Crippen LogP contribution in [0.3, 0.4) is 0 Å². The molecule has 0 aliphatic carbocycles. The number of hydrogen-bond donors (Lipinski definition) is 0. The van der Waals surface area contributed by atoms with Crippen molar-refractivity contribution in [3.8, 4) is 11.5 Å². The van der Waals surface area contributed by atoms with Gasteiger partial charge in [0.25, 0.3) is 0 Å². The minimum Gasteiger partial charge on any atom is -0.454 e. The van der Waals surface area contributed by atoms with Gasteiger partial charge in [0.1, 0.15) is 0 Å². The number of thiophene rings is 1. The maximum absolute atomic E-state index is 5.84. The first-order valence-electron chi connectivity index (χ1n) is 8.11. The summed E-state index contributed by atoms with van der Waals surface area (Å²) in [5.74, 6) is 1.75. The Morgan fingerprint density at radius 2 is 2.17 bits per heavy atom. The topological polar surface area (TPSA) is 30.9 Å². The van der Waals surface area contributed by atoms with Crippen LogP contribution >= 0.6 is 11.3 Å². The molecule has 4 rings (SSSR count). The summed E-state index contributed by atoms with van der Waals surface area (Å²) in [5, 5.41) is 4.36. The summed E-state index contributed by atoms with van der Waals surface area (Å²) in [4.78, 5) is 2.45. The Balaban J connectivity index is 1.51. The smallest absolute Gasteiger partial charge is 0.231 e. The Hall–Kier alpha value is -1.56. The molecule has 5 heteroatoms. The van der Waals surface area contributed by atoms with E-state index < -0.39 is 0 Å². The van der Waals surface area contributed by atoms with E-state index in [4.69, 9.17) is 14.2 Å². The molecule has 0 amide bonds. The third-order valence-electron chi connectivity index (χ3n) is 4.34. The van der Waals surface area contributed by atoms with Crippen molar-refractivity contribution in [2.24, 2.45) is 0 Å². The highest BCUT2D eigenvalue weighted by Gasteiger charge is 2.23. The van der Waals surface area contributed by atoms with E-state index in [1.165, 1.54) is 17.5 Å². The van der Waals surface area contributed by atoms with Crippen LogP contribution in [0.1, 0.15) is 24.0 Å². The van der Waals surface area contributed by atoms with Crippen LogP contribution in [0.25, 0.3) is 0 Å². The Morgan fingerprint density at radius 1 is 1.17 bits per heavy atom. The first-order valence-corrected chi connectivity index (χ1v) is 9.05. The maximum atomic E-state index is 5.84. The minimum absolute atomic E-state index is 0.322. The van der Waals surface area contributed by atoms with Gasteiger partial charge in [0.15, 0.2) is 11.5 Å². The van der Waals surface area contributed by atoms with Crippen LogP contribution in [0, 0.1) is 0 Å². The quantitative estimate of drug-likeness (QED) is 0.808. The van der Waals surface area contributed by atoms with Gasteiger partial charge in [0, 0.05) is 31.8 Å². The zero-order valence-electron chi connectivity index (χ0n) is 13.1. The van der Waals surface area contributed by atoms with Gasteiger partial charge in [-0.15, -0.1) is 0 Å². The lowest BCUT2D eigenvalue weighted by Gasteiger charge is -2.25. The zero-order chi connectivity index (χ0) is 15.5. The van der Waals surface area contributed by atoms with E-state index in [1.807, 2.05) is 12.1 Å². The van der Waals surface area contributed by atoms with Crippen LogP contribution in [0.2, 0.25) is 0 Å². The molecule has 0 N–H and O–H groups in total. The highest BCUT2D eigenvalue weighted by atomic mass is 32.1. The monoisotopic (exact) mass is 331 g/mol. The fourth-order valence-corrected chi connectivity index (χ4v) is 3.92. The van der Waals surface area contributed by atoms with E-state index >= 15 is 0 Å². The number of hydrogen-bond acceptors (Lipinski definition) is 5. The van der Waals surface area contributed by atoms with Gasteiger partial charge in [-0.25, -0.2) is 0 Å². The lowest BCUT2D eigenvalue weighted by atomic mass is 10.1. The average molecular weight is 331 g/mol. The van der Waals surface area contributed by atoms with Crippen molar-refractivity contribution in [2.45, 2.75) is 32.0 Å². The zero-order valence-corrected chi connectivity index (χ0v) is 13.9. The second-order valence-electron chi connectivity index (χ2n) is 6.09. The van der Waals surface area contributed by atoms with Crippen LogP contribution in [0.15, 0.2) is 35.0 Å². The molecule has 2 aliphatic heterocycles. The van der Waals surface area contributed by atoms with Crippen molar-refractivity contribution < 1.29 is 14.2 Å². The van der Waals surface area contributed by atoms with Gasteiger partial charge in [-0.2, -0.15) is 11.3 Å². The predicted molar refractivity (Wildman–Crippen MR) is 90.0 cm³/mol. The summed E-state index contributed by atoms with van der Waals surface area (Å²) in [6, 6.07) is 8.33. The van der Waals surface area contributed by atoms with Crippen LogP contribution in [-0.2, 0) is 17.8 Å². The lowest BCUT2D eigenvalue weighted by Crippen LogP contribution is -2.31. The van der Waals surface area contributed by atoms with Gasteiger partial charge < -0.3 is 14.2 Å². The third-order valence-corrected chi connectivity index (χ3v) is 5.08. The van der Waals surface area contributed by atoms with Crippen LogP contribution < -0.4 is 9.47 Å². The molecule has 1 aromatic carbocycles.